The van der Waals surface area contributed by atoms with Crippen LogP contribution in [0.1, 0.15) is 61.9 Å². The molecule has 41 heavy (non-hydrogen) atoms. The number of anilines is 1. The van der Waals surface area contributed by atoms with Crippen molar-refractivity contribution in [1.82, 2.24) is 20.0 Å². The summed E-state index contributed by atoms with van der Waals surface area (Å²) in [6, 6.07) is 4.67. The van der Waals surface area contributed by atoms with E-state index in [-0.39, 0.29) is 17.6 Å². The van der Waals surface area contributed by atoms with Crippen molar-refractivity contribution >= 4 is 17.4 Å². The van der Waals surface area contributed by atoms with E-state index in [0.717, 1.165) is 72.9 Å². The largest absolute Gasteiger partial charge is 0.379 e. The summed E-state index contributed by atoms with van der Waals surface area (Å²) in [6.45, 7) is 11.5. The highest BCUT2D eigenvalue weighted by molar-refractivity contribution is 6.00. The first-order chi connectivity index (χ1) is 19.8. The molecule has 220 valence electrons. The van der Waals surface area contributed by atoms with Crippen molar-refractivity contribution < 1.29 is 14.3 Å². The Kier molecular flexibility index (Phi) is 9.40. The zero-order valence-corrected chi connectivity index (χ0v) is 25.1. The van der Waals surface area contributed by atoms with Crippen molar-refractivity contribution in [3.63, 3.8) is 0 Å². The maximum absolute atomic E-state index is 13.7. The van der Waals surface area contributed by atoms with Gasteiger partial charge >= 0.3 is 0 Å². The van der Waals surface area contributed by atoms with Crippen molar-refractivity contribution in [2.75, 3.05) is 51.3 Å². The van der Waals surface area contributed by atoms with Gasteiger partial charge in [-0.05, 0) is 68.5 Å². The summed E-state index contributed by atoms with van der Waals surface area (Å²) in [5, 5.41) is 7.74. The highest BCUT2D eigenvalue weighted by Crippen LogP contribution is 2.34. The summed E-state index contributed by atoms with van der Waals surface area (Å²) in [6.07, 6.45) is 13.8. The van der Waals surface area contributed by atoms with Gasteiger partial charge < -0.3 is 15.0 Å². The number of allylic oxidation sites excluding steroid dienone is 3. The molecule has 1 N–H and O–H groups in total. The number of benzene rings is 1. The number of hydrogen-bond acceptors (Lipinski definition) is 6. The second-order valence-corrected chi connectivity index (χ2v) is 12.0. The number of aromatic nitrogens is 2. The molecule has 2 aromatic rings. The van der Waals surface area contributed by atoms with Crippen LogP contribution < -0.4 is 10.2 Å². The van der Waals surface area contributed by atoms with Crippen LogP contribution in [0.5, 0.6) is 0 Å². The molecule has 8 nitrogen and oxygen atoms in total. The summed E-state index contributed by atoms with van der Waals surface area (Å²) in [7, 11) is 2.17. The third-order valence-corrected chi connectivity index (χ3v) is 9.03. The average molecular weight is 560 g/mol. The van der Waals surface area contributed by atoms with E-state index in [1.807, 2.05) is 43.8 Å². The lowest BCUT2D eigenvalue weighted by molar-refractivity contribution is -0.117. The van der Waals surface area contributed by atoms with E-state index in [4.69, 9.17) is 4.74 Å². The molecule has 2 aliphatic carbocycles. The van der Waals surface area contributed by atoms with Crippen molar-refractivity contribution in [1.29, 1.82) is 0 Å². The highest BCUT2D eigenvalue weighted by Gasteiger charge is 2.26. The number of ketones is 1. The average Bonchev–Trinajstić information content (AvgIpc) is 3.45. The van der Waals surface area contributed by atoms with Gasteiger partial charge in [0.25, 0.3) is 5.91 Å². The molecule has 0 bridgehead atoms. The molecule has 0 radical (unpaired) electrons. The summed E-state index contributed by atoms with van der Waals surface area (Å²) in [4.78, 5) is 31.1. The number of nitrogens with zero attached hydrogens (tertiary/aromatic N) is 4. The SMILES string of the molecule is CC1=CC(=O)C(CNC(=O)c2cc(-c3cnn(CCN4CCOCC4)c3)cc(N(C)C3CCCCC3)c2C)C(C)=C1. The Bertz CT molecular complexity index is 1310. The third kappa shape index (κ3) is 6.99. The fourth-order valence-corrected chi connectivity index (χ4v) is 6.44. The van der Waals surface area contributed by atoms with Gasteiger partial charge in [0.15, 0.2) is 5.78 Å². The topological polar surface area (TPSA) is 79.7 Å². The number of rotatable bonds is 9. The zero-order chi connectivity index (χ0) is 28.9. The summed E-state index contributed by atoms with van der Waals surface area (Å²) >= 11 is 0. The number of carbonyl (C=O) groups is 2. The van der Waals surface area contributed by atoms with Crippen molar-refractivity contribution in [3.8, 4) is 11.1 Å². The Morgan fingerprint density at radius 1 is 1.05 bits per heavy atom. The lowest BCUT2D eigenvalue weighted by Crippen LogP contribution is -2.38. The van der Waals surface area contributed by atoms with Gasteiger partial charge in [-0.3, -0.25) is 19.2 Å². The summed E-state index contributed by atoms with van der Waals surface area (Å²) < 4.78 is 7.47. The summed E-state index contributed by atoms with van der Waals surface area (Å²) in [5.74, 6) is -0.412. The number of nitrogens with one attached hydrogen (secondary N) is 1. The molecule has 2 heterocycles. The fraction of sp³-hybridized carbons (Fsp3) is 0.545. The molecule has 1 aliphatic heterocycles. The first-order valence-electron chi connectivity index (χ1n) is 15.2. The number of ether oxygens (including phenoxy) is 1. The monoisotopic (exact) mass is 559 g/mol. The van der Waals surface area contributed by atoms with E-state index in [9.17, 15) is 9.59 Å². The minimum Gasteiger partial charge on any atom is -0.379 e. The van der Waals surface area contributed by atoms with Gasteiger partial charge in [0.1, 0.15) is 0 Å². The predicted octanol–water partition coefficient (Wildman–Crippen LogP) is 4.78. The van der Waals surface area contributed by atoms with Crippen LogP contribution in [0, 0.1) is 12.8 Å². The molecular formula is C33H45N5O3. The Morgan fingerprint density at radius 3 is 2.54 bits per heavy atom. The molecule has 1 atom stereocenters. The molecule has 0 spiro atoms. The molecule has 1 aromatic heterocycles. The van der Waals surface area contributed by atoms with Gasteiger partial charge in [-0.15, -0.1) is 0 Å². The lowest BCUT2D eigenvalue weighted by atomic mass is 9.88. The van der Waals surface area contributed by atoms with Crippen LogP contribution in [0.4, 0.5) is 5.69 Å². The second kappa shape index (κ2) is 13.2. The quantitative estimate of drug-likeness (QED) is 0.476. The molecule has 8 heteroatoms. The minimum atomic E-state index is -0.319. The van der Waals surface area contributed by atoms with Crippen LogP contribution in [-0.4, -0.2) is 78.9 Å². The maximum atomic E-state index is 13.7. The van der Waals surface area contributed by atoms with E-state index in [2.05, 4.69) is 39.5 Å². The molecule has 1 saturated carbocycles. The number of amides is 1. The Labute approximate surface area is 244 Å². The molecule has 1 unspecified atom stereocenters. The first-order valence-corrected chi connectivity index (χ1v) is 15.2. The van der Waals surface area contributed by atoms with Gasteiger partial charge in [0, 0.05) is 62.3 Å². The Balaban J connectivity index is 1.39. The maximum Gasteiger partial charge on any atom is 0.251 e. The molecular weight excluding hydrogens is 514 g/mol. The first kappa shape index (κ1) is 29.3. The minimum absolute atomic E-state index is 0.0514. The van der Waals surface area contributed by atoms with E-state index in [1.165, 1.54) is 32.1 Å². The molecule has 5 rings (SSSR count). The Morgan fingerprint density at radius 2 is 1.80 bits per heavy atom. The molecule has 3 aliphatic rings. The number of carbonyl (C=O) groups excluding carboxylic acids is 2. The van der Waals surface area contributed by atoms with Gasteiger partial charge in [0.2, 0.25) is 0 Å². The van der Waals surface area contributed by atoms with E-state index in [1.54, 1.807) is 6.08 Å². The van der Waals surface area contributed by atoms with Crippen LogP contribution in [0.25, 0.3) is 11.1 Å². The van der Waals surface area contributed by atoms with Crippen molar-refractivity contribution in [3.05, 3.63) is 59.0 Å². The van der Waals surface area contributed by atoms with Gasteiger partial charge in [0.05, 0.1) is 31.9 Å². The molecule has 1 aromatic carbocycles. The van der Waals surface area contributed by atoms with Crippen molar-refractivity contribution in [2.45, 2.75) is 65.5 Å². The van der Waals surface area contributed by atoms with Gasteiger partial charge in [-0.2, -0.15) is 5.10 Å². The molecule has 1 amide bonds. The lowest BCUT2D eigenvalue weighted by Gasteiger charge is -2.34. The summed E-state index contributed by atoms with van der Waals surface area (Å²) in [5.41, 5.74) is 6.64. The molecule has 2 fully saturated rings. The zero-order valence-electron chi connectivity index (χ0n) is 25.1. The van der Waals surface area contributed by atoms with E-state index >= 15 is 0 Å². The standard InChI is InChI=1S/C33H45N5O3/c1-23-16-24(2)30(32(39)17-23)21-34-33(40)29-18-26(19-31(25(29)3)36(4)28-8-6-5-7-9-28)27-20-35-38(22-27)11-10-37-12-14-41-15-13-37/h16-20,22,28,30H,5-15,21H2,1-4H3,(H,34,40). The smallest absolute Gasteiger partial charge is 0.251 e. The van der Waals surface area contributed by atoms with Crippen LogP contribution in [0.15, 0.2) is 47.8 Å². The van der Waals surface area contributed by atoms with E-state index < -0.39 is 0 Å². The highest BCUT2D eigenvalue weighted by atomic mass is 16.5. The number of morpholine rings is 1. The number of hydrogen-bond donors (Lipinski definition) is 1. The van der Waals surface area contributed by atoms with E-state index in [0.29, 0.717) is 18.2 Å². The van der Waals surface area contributed by atoms with Crippen molar-refractivity contribution in [2.24, 2.45) is 5.92 Å². The van der Waals surface area contributed by atoms with Gasteiger partial charge in [-0.1, -0.05) is 30.9 Å². The molecule has 1 saturated heterocycles. The Hall–Kier alpha value is -3.23. The van der Waals surface area contributed by atoms with Crippen LogP contribution in [0.3, 0.4) is 0 Å². The fourth-order valence-electron chi connectivity index (χ4n) is 6.44. The normalized spacial score (nSPS) is 20.5. The van der Waals surface area contributed by atoms with Crippen LogP contribution in [-0.2, 0) is 16.1 Å². The van der Waals surface area contributed by atoms with Gasteiger partial charge in [-0.25, -0.2) is 0 Å². The third-order valence-electron chi connectivity index (χ3n) is 9.03. The van der Waals surface area contributed by atoms with Crippen LogP contribution >= 0.6 is 0 Å². The van der Waals surface area contributed by atoms with Crippen LogP contribution in [0.2, 0.25) is 0 Å². The second-order valence-electron chi connectivity index (χ2n) is 12.0. The predicted molar refractivity (Wildman–Crippen MR) is 163 cm³/mol.